The summed E-state index contributed by atoms with van der Waals surface area (Å²) >= 11 is 1.15. The molecule has 0 aliphatic carbocycles. The van der Waals surface area contributed by atoms with Gasteiger partial charge in [-0.15, -0.1) is 11.3 Å². The number of thiazole rings is 1. The summed E-state index contributed by atoms with van der Waals surface area (Å²) in [5, 5.41) is 13.6. The molecule has 1 aromatic carbocycles. The number of halogens is 3. The second kappa shape index (κ2) is 6.83. The van der Waals surface area contributed by atoms with E-state index in [0.717, 1.165) is 34.4 Å². The van der Waals surface area contributed by atoms with Crippen LogP contribution in [0.25, 0.3) is 0 Å². The van der Waals surface area contributed by atoms with Gasteiger partial charge in [-0.25, -0.2) is 4.98 Å². The molecule has 11 heteroatoms. The number of rotatable bonds is 5. The van der Waals surface area contributed by atoms with E-state index in [1.807, 2.05) is 0 Å². The van der Waals surface area contributed by atoms with Crippen molar-refractivity contribution in [3.8, 4) is 5.75 Å². The maximum Gasteiger partial charge on any atom is 0.422 e. The molecule has 0 saturated carbocycles. The van der Waals surface area contributed by atoms with Crippen LogP contribution in [0.4, 0.5) is 24.0 Å². The van der Waals surface area contributed by atoms with E-state index >= 15 is 0 Å². The van der Waals surface area contributed by atoms with E-state index in [9.17, 15) is 28.1 Å². The molecule has 7 nitrogen and oxygen atoms in total. The highest BCUT2D eigenvalue weighted by molar-refractivity contribution is 7.15. The molecule has 24 heavy (non-hydrogen) atoms. The van der Waals surface area contributed by atoms with Crippen molar-refractivity contribution in [2.75, 3.05) is 11.9 Å². The Morgan fingerprint density at radius 1 is 1.46 bits per heavy atom. The van der Waals surface area contributed by atoms with Crippen molar-refractivity contribution in [2.45, 2.75) is 13.1 Å². The molecule has 0 unspecified atom stereocenters. The Bertz CT molecular complexity index is 776. The van der Waals surface area contributed by atoms with Crippen molar-refractivity contribution in [3.05, 3.63) is 45.0 Å². The number of aromatic nitrogens is 1. The summed E-state index contributed by atoms with van der Waals surface area (Å²) < 4.78 is 41.0. The molecule has 128 valence electrons. The molecule has 0 fully saturated rings. The van der Waals surface area contributed by atoms with Crippen LogP contribution in [0, 0.1) is 17.0 Å². The number of hydrogen-bond acceptors (Lipinski definition) is 6. The van der Waals surface area contributed by atoms with E-state index in [0.29, 0.717) is 0 Å². The lowest BCUT2D eigenvalue weighted by molar-refractivity contribution is -0.385. The average Bonchev–Trinajstić information content (AvgIpc) is 2.89. The molecule has 0 aliphatic heterocycles. The van der Waals surface area contributed by atoms with Crippen molar-refractivity contribution in [1.29, 1.82) is 0 Å². The maximum atomic E-state index is 12.2. The number of carbonyl (C=O) groups is 1. The number of anilines is 1. The fourth-order valence-electron chi connectivity index (χ4n) is 1.69. The number of benzene rings is 1. The minimum absolute atomic E-state index is 0.216. The van der Waals surface area contributed by atoms with Crippen molar-refractivity contribution in [1.82, 2.24) is 4.98 Å². The lowest BCUT2D eigenvalue weighted by Gasteiger charge is -2.10. The maximum absolute atomic E-state index is 12.2. The number of aryl methyl sites for hydroxylation is 1. The summed E-state index contributed by atoms with van der Waals surface area (Å²) in [6.45, 7) is 0.179. The van der Waals surface area contributed by atoms with Crippen LogP contribution in [-0.2, 0) is 0 Å². The van der Waals surface area contributed by atoms with Gasteiger partial charge in [0.2, 0.25) is 0 Å². The second-order valence-electron chi connectivity index (χ2n) is 4.57. The number of ether oxygens (including phenoxy) is 1. The standard InChI is InChI=1S/C13H10F3N3O4S/c1-7-5-17-12(24-7)18-11(20)9-4-8(23-6-13(14,15)16)2-3-10(9)19(21)22/h2-5H,6H2,1H3,(H,17,18,20). The minimum Gasteiger partial charge on any atom is -0.484 e. The smallest absolute Gasteiger partial charge is 0.422 e. The summed E-state index contributed by atoms with van der Waals surface area (Å²) in [6.07, 6.45) is -3.07. The molecule has 2 aromatic rings. The van der Waals surface area contributed by atoms with Gasteiger partial charge in [0.25, 0.3) is 11.6 Å². The van der Waals surface area contributed by atoms with Gasteiger partial charge in [-0.2, -0.15) is 13.2 Å². The highest BCUT2D eigenvalue weighted by Crippen LogP contribution is 2.27. The van der Waals surface area contributed by atoms with Gasteiger partial charge >= 0.3 is 6.18 Å². The number of alkyl halides is 3. The number of nitro groups is 1. The summed E-state index contributed by atoms with van der Waals surface area (Å²) in [4.78, 5) is 27.1. The van der Waals surface area contributed by atoms with Crippen LogP contribution >= 0.6 is 11.3 Å². The van der Waals surface area contributed by atoms with E-state index < -0.39 is 34.9 Å². The van der Waals surface area contributed by atoms with E-state index in [4.69, 9.17) is 0 Å². The molecular formula is C13H10F3N3O4S. The first-order valence-corrected chi connectivity index (χ1v) is 7.19. The number of nitrogens with one attached hydrogen (secondary N) is 1. The summed E-state index contributed by atoms with van der Waals surface area (Å²) in [5.41, 5.74) is -0.979. The van der Waals surface area contributed by atoms with Gasteiger partial charge in [0.15, 0.2) is 11.7 Å². The third kappa shape index (κ3) is 4.65. The third-order valence-electron chi connectivity index (χ3n) is 2.65. The van der Waals surface area contributed by atoms with Crippen LogP contribution in [0.3, 0.4) is 0 Å². The molecule has 0 aliphatic rings. The van der Waals surface area contributed by atoms with Crippen LogP contribution in [0.1, 0.15) is 15.2 Å². The zero-order valence-corrected chi connectivity index (χ0v) is 12.9. The normalized spacial score (nSPS) is 11.2. The zero-order chi connectivity index (χ0) is 17.9. The first-order valence-electron chi connectivity index (χ1n) is 6.37. The predicted octanol–water partition coefficient (Wildman–Crippen LogP) is 3.55. The van der Waals surface area contributed by atoms with E-state index in [-0.39, 0.29) is 10.9 Å². The van der Waals surface area contributed by atoms with Crippen LogP contribution in [0.15, 0.2) is 24.4 Å². The quantitative estimate of drug-likeness (QED) is 0.649. The van der Waals surface area contributed by atoms with E-state index in [1.54, 1.807) is 6.92 Å². The second-order valence-corrected chi connectivity index (χ2v) is 5.80. The first kappa shape index (κ1) is 17.7. The molecule has 1 N–H and O–H groups in total. The van der Waals surface area contributed by atoms with Gasteiger partial charge in [-0.1, -0.05) is 0 Å². The van der Waals surface area contributed by atoms with Gasteiger partial charge in [0, 0.05) is 17.1 Å². The first-order chi connectivity index (χ1) is 11.2. The monoisotopic (exact) mass is 361 g/mol. The molecule has 0 radical (unpaired) electrons. The van der Waals surface area contributed by atoms with Crippen molar-refractivity contribution in [2.24, 2.45) is 0 Å². The molecule has 1 amide bonds. The van der Waals surface area contributed by atoms with Crippen molar-refractivity contribution < 1.29 is 27.6 Å². The Balaban J connectivity index is 2.27. The van der Waals surface area contributed by atoms with Crippen LogP contribution in [0.5, 0.6) is 5.75 Å². The molecule has 0 bridgehead atoms. The summed E-state index contributed by atoms with van der Waals surface area (Å²) in [7, 11) is 0. The van der Waals surface area contributed by atoms with Crippen LogP contribution in [-0.4, -0.2) is 28.6 Å². The predicted molar refractivity (Wildman–Crippen MR) is 79.5 cm³/mol. The number of amides is 1. The largest absolute Gasteiger partial charge is 0.484 e. The molecule has 1 heterocycles. The number of nitro benzene ring substituents is 1. The number of carbonyl (C=O) groups excluding carboxylic acids is 1. The average molecular weight is 361 g/mol. The fourth-order valence-corrected chi connectivity index (χ4v) is 2.35. The van der Waals surface area contributed by atoms with Gasteiger partial charge in [-0.3, -0.25) is 20.2 Å². The van der Waals surface area contributed by atoms with Gasteiger partial charge < -0.3 is 4.74 Å². The van der Waals surface area contributed by atoms with Gasteiger partial charge in [0.05, 0.1) is 4.92 Å². The van der Waals surface area contributed by atoms with Gasteiger partial charge in [-0.05, 0) is 19.1 Å². The Morgan fingerprint density at radius 3 is 2.71 bits per heavy atom. The van der Waals surface area contributed by atoms with Crippen LogP contribution in [0.2, 0.25) is 0 Å². The molecular weight excluding hydrogens is 351 g/mol. The third-order valence-corrected chi connectivity index (χ3v) is 3.48. The van der Waals surface area contributed by atoms with Gasteiger partial charge in [0.1, 0.15) is 11.3 Å². The molecule has 2 rings (SSSR count). The molecule has 0 saturated heterocycles. The lowest BCUT2D eigenvalue weighted by Crippen LogP contribution is -2.20. The topological polar surface area (TPSA) is 94.4 Å². The minimum atomic E-state index is -4.57. The fraction of sp³-hybridized carbons (Fsp3) is 0.231. The summed E-state index contributed by atoms with van der Waals surface area (Å²) in [6, 6.07) is 2.79. The number of nitrogens with zero attached hydrogens (tertiary/aromatic N) is 2. The Hall–Kier alpha value is -2.69. The molecule has 0 atom stereocenters. The number of hydrogen-bond donors (Lipinski definition) is 1. The van der Waals surface area contributed by atoms with Crippen molar-refractivity contribution in [3.63, 3.8) is 0 Å². The van der Waals surface area contributed by atoms with Crippen LogP contribution < -0.4 is 10.1 Å². The van der Waals surface area contributed by atoms with E-state index in [2.05, 4.69) is 15.0 Å². The summed E-state index contributed by atoms with van der Waals surface area (Å²) in [5.74, 6) is -1.17. The SMILES string of the molecule is Cc1cnc(NC(=O)c2cc(OCC(F)(F)F)ccc2[N+](=O)[O-])s1. The van der Waals surface area contributed by atoms with Crippen molar-refractivity contribution >= 4 is 28.1 Å². The Morgan fingerprint density at radius 2 is 2.17 bits per heavy atom. The van der Waals surface area contributed by atoms with E-state index in [1.165, 1.54) is 6.20 Å². The highest BCUT2D eigenvalue weighted by atomic mass is 32.1. The highest BCUT2D eigenvalue weighted by Gasteiger charge is 2.29. The Kier molecular flexibility index (Phi) is 5.02. The molecule has 0 spiro atoms. The lowest BCUT2D eigenvalue weighted by atomic mass is 10.1. The molecule has 1 aromatic heterocycles. The Labute approximate surface area is 137 Å². The zero-order valence-electron chi connectivity index (χ0n) is 12.1.